The molecule has 0 aliphatic heterocycles. The minimum atomic E-state index is 0.367. The van der Waals surface area contributed by atoms with E-state index in [0.29, 0.717) is 6.04 Å². The van der Waals surface area contributed by atoms with Crippen LogP contribution in [0.4, 0.5) is 0 Å². The zero-order valence-corrected chi connectivity index (χ0v) is 13.2. The monoisotopic (exact) mass is 285 g/mol. The van der Waals surface area contributed by atoms with Crippen LogP contribution in [0.1, 0.15) is 51.6 Å². The third-order valence-corrected chi connectivity index (χ3v) is 4.56. The standard InChI is InChI=1S/C15H24ClNS/c1-4-6-7-10-18-15-9-8-13(11-14(15)16)12(3)17-5-2/h8-9,11-12,17H,4-7,10H2,1-3H3. The Morgan fingerprint density at radius 3 is 2.67 bits per heavy atom. The molecule has 102 valence electrons. The van der Waals surface area contributed by atoms with E-state index in [1.54, 1.807) is 0 Å². The molecule has 1 N–H and O–H groups in total. The van der Waals surface area contributed by atoms with Gasteiger partial charge in [-0.2, -0.15) is 0 Å². The van der Waals surface area contributed by atoms with E-state index < -0.39 is 0 Å². The highest BCUT2D eigenvalue weighted by Gasteiger charge is 2.07. The molecule has 0 saturated heterocycles. The van der Waals surface area contributed by atoms with Gasteiger partial charge in [-0.1, -0.05) is 44.4 Å². The van der Waals surface area contributed by atoms with Gasteiger partial charge < -0.3 is 5.32 Å². The summed E-state index contributed by atoms with van der Waals surface area (Å²) in [6.45, 7) is 7.50. The first kappa shape index (κ1) is 15.9. The number of halogens is 1. The highest BCUT2D eigenvalue weighted by molar-refractivity contribution is 7.99. The Morgan fingerprint density at radius 2 is 2.06 bits per heavy atom. The summed E-state index contributed by atoms with van der Waals surface area (Å²) in [7, 11) is 0. The Bertz CT molecular complexity index is 354. The summed E-state index contributed by atoms with van der Waals surface area (Å²) in [5.74, 6) is 1.16. The molecule has 1 rings (SSSR count). The average molecular weight is 286 g/mol. The molecule has 0 bridgehead atoms. The van der Waals surface area contributed by atoms with Crippen molar-refractivity contribution in [2.24, 2.45) is 0 Å². The number of hydrogen-bond acceptors (Lipinski definition) is 2. The molecule has 0 spiro atoms. The Hall–Kier alpha value is -0.180. The second kappa shape index (κ2) is 8.84. The van der Waals surface area contributed by atoms with Gasteiger partial charge in [0.05, 0.1) is 5.02 Å². The number of thioether (sulfide) groups is 1. The normalized spacial score (nSPS) is 12.7. The predicted octanol–water partition coefficient (Wildman–Crippen LogP) is 5.29. The molecular weight excluding hydrogens is 262 g/mol. The lowest BCUT2D eigenvalue weighted by Crippen LogP contribution is -2.17. The van der Waals surface area contributed by atoms with Gasteiger partial charge in [-0.25, -0.2) is 0 Å². The van der Waals surface area contributed by atoms with Crippen LogP contribution in [0.15, 0.2) is 23.1 Å². The van der Waals surface area contributed by atoms with Crippen molar-refractivity contribution in [1.29, 1.82) is 0 Å². The van der Waals surface area contributed by atoms with E-state index in [9.17, 15) is 0 Å². The van der Waals surface area contributed by atoms with Crippen LogP contribution >= 0.6 is 23.4 Å². The Kier molecular flexibility index (Phi) is 7.80. The van der Waals surface area contributed by atoms with Crippen molar-refractivity contribution in [2.75, 3.05) is 12.3 Å². The zero-order valence-electron chi connectivity index (χ0n) is 11.6. The highest BCUT2D eigenvalue weighted by atomic mass is 35.5. The first-order chi connectivity index (χ1) is 8.69. The molecule has 0 aliphatic rings. The summed E-state index contributed by atoms with van der Waals surface area (Å²) >= 11 is 8.21. The quantitative estimate of drug-likeness (QED) is 0.514. The van der Waals surface area contributed by atoms with E-state index in [1.807, 2.05) is 11.8 Å². The van der Waals surface area contributed by atoms with Gasteiger partial charge in [-0.3, -0.25) is 0 Å². The molecular formula is C15H24ClNS. The molecule has 3 heteroatoms. The first-order valence-electron chi connectivity index (χ1n) is 6.84. The molecule has 0 amide bonds. The molecule has 1 nitrogen and oxygen atoms in total. The Balaban J connectivity index is 2.56. The third-order valence-electron chi connectivity index (χ3n) is 2.97. The van der Waals surface area contributed by atoms with E-state index in [1.165, 1.54) is 29.7 Å². The lowest BCUT2D eigenvalue weighted by atomic mass is 10.1. The Labute approximate surface area is 121 Å². The number of rotatable bonds is 8. The minimum absolute atomic E-state index is 0.367. The van der Waals surface area contributed by atoms with Crippen molar-refractivity contribution >= 4 is 23.4 Å². The summed E-state index contributed by atoms with van der Waals surface area (Å²) < 4.78 is 0. The fraction of sp³-hybridized carbons (Fsp3) is 0.600. The van der Waals surface area contributed by atoms with Crippen LogP contribution in [0, 0.1) is 0 Å². The molecule has 0 radical (unpaired) electrons. The summed E-state index contributed by atoms with van der Waals surface area (Å²) in [6.07, 6.45) is 3.85. The summed E-state index contributed by atoms with van der Waals surface area (Å²) in [4.78, 5) is 1.21. The van der Waals surface area contributed by atoms with Crippen LogP contribution in [-0.2, 0) is 0 Å². The predicted molar refractivity (Wildman–Crippen MR) is 83.8 cm³/mol. The maximum absolute atomic E-state index is 6.34. The fourth-order valence-corrected chi connectivity index (χ4v) is 3.14. The van der Waals surface area contributed by atoms with Crippen LogP contribution in [-0.4, -0.2) is 12.3 Å². The number of unbranched alkanes of at least 4 members (excludes halogenated alkanes) is 2. The third kappa shape index (κ3) is 5.21. The van der Waals surface area contributed by atoms with Crippen molar-refractivity contribution in [3.05, 3.63) is 28.8 Å². The topological polar surface area (TPSA) is 12.0 Å². The SMILES string of the molecule is CCCCCSc1ccc(C(C)NCC)cc1Cl. The van der Waals surface area contributed by atoms with Crippen molar-refractivity contribution in [1.82, 2.24) is 5.32 Å². The second-order valence-electron chi connectivity index (χ2n) is 4.52. The lowest BCUT2D eigenvalue weighted by Gasteiger charge is -2.14. The molecule has 1 atom stereocenters. The molecule has 0 saturated carbocycles. The molecule has 0 fully saturated rings. The molecule has 0 aromatic heterocycles. The van der Waals surface area contributed by atoms with Crippen LogP contribution in [0.25, 0.3) is 0 Å². The average Bonchev–Trinajstić information content (AvgIpc) is 2.36. The molecule has 1 unspecified atom stereocenters. The first-order valence-corrected chi connectivity index (χ1v) is 8.21. The fourth-order valence-electron chi connectivity index (χ4n) is 1.86. The summed E-state index contributed by atoms with van der Waals surface area (Å²) in [6, 6.07) is 6.80. The van der Waals surface area contributed by atoms with Crippen LogP contribution < -0.4 is 5.32 Å². The van der Waals surface area contributed by atoms with Gasteiger partial charge in [0.1, 0.15) is 0 Å². The molecule has 1 aromatic carbocycles. The van der Waals surface area contributed by atoms with E-state index in [-0.39, 0.29) is 0 Å². The second-order valence-corrected chi connectivity index (χ2v) is 6.07. The van der Waals surface area contributed by atoms with Crippen molar-refractivity contribution in [3.63, 3.8) is 0 Å². The maximum Gasteiger partial charge on any atom is 0.0545 e. The smallest absolute Gasteiger partial charge is 0.0545 e. The van der Waals surface area contributed by atoms with Gasteiger partial charge in [-0.15, -0.1) is 11.8 Å². The number of nitrogens with one attached hydrogen (secondary N) is 1. The molecule has 1 aromatic rings. The van der Waals surface area contributed by atoms with E-state index in [2.05, 4.69) is 44.3 Å². The number of hydrogen-bond donors (Lipinski definition) is 1. The van der Waals surface area contributed by atoms with Gasteiger partial charge in [-0.05, 0) is 43.3 Å². The largest absolute Gasteiger partial charge is 0.310 e. The van der Waals surface area contributed by atoms with Crippen LogP contribution in [0.5, 0.6) is 0 Å². The van der Waals surface area contributed by atoms with Crippen molar-refractivity contribution in [3.8, 4) is 0 Å². The molecule has 0 heterocycles. The van der Waals surface area contributed by atoms with Crippen LogP contribution in [0.3, 0.4) is 0 Å². The van der Waals surface area contributed by atoms with Crippen LogP contribution in [0.2, 0.25) is 5.02 Å². The van der Waals surface area contributed by atoms with E-state index >= 15 is 0 Å². The zero-order chi connectivity index (χ0) is 13.4. The van der Waals surface area contributed by atoms with Crippen molar-refractivity contribution in [2.45, 2.75) is 51.0 Å². The van der Waals surface area contributed by atoms with Gasteiger partial charge in [0, 0.05) is 10.9 Å². The van der Waals surface area contributed by atoms with Gasteiger partial charge in [0.15, 0.2) is 0 Å². The number of benzene rings is 1. The highest BCUT2D eigenvalue weighted by Crippen LogP contribution is 2.30. The molecule has 0 aliphatic carbocycles. The van der Waals surface area contributed by atoms with Gasteiger partial charge in [0.25, 0.3) is 0 Å². The Morgan fingerprint density at radius 1 is 1.28 bits per heavy atom. The van der Waals surface area contributed by atoms with Gasteiger partial charge >= 0.3 is 0 Å². The summed E-state index contributed by atoms with van der Waals surface area (Å²) in [5, 5.41) is 4.29. The van der Waals surface area contributed by atoms with E-state index in [0.717, 1.165) is 17.3 Å². The minimum Gasteiger partial charge on any atom is -0.310 e. The van der Waals surface area contributed by atoms with E-state index in [4.69, 9.17) is 11.6 Å². The van der Waals surface area contributed by atoms with Gasteiger partial charge in [0.2, 0.25) is 0 Å². The molecule has 18 heavy (non-hydrogen) atoms. The van der Waals surface area contributed by atoms with Crippen molar-refractivity contribution < 1.29 is 0 Å². The summed E-state index contributed by atoms with van der Waals surface area (Å²) in [5.41, 5.74) is 1.26. The maximum atomic E-state index is 6.34. The lowest BCUT2D eigenvalue weighted by molar-refractivity contribution is 0.598.